The van der Waals surface area contributed by atoms with E-state index in [0.29, 0.717) is 30.8 Å². The fourth-order valence-electron chi connectivity index (χ4n) is 3.60. The summed E-state index contributed by atoms with van der Waals surface area (Å²) in [6.45, 7) is 1.00. The Labute approximate surface area is 217 Å². The number of carbonyl (C=O) groups excluding carboxylic acids is 2. The van der Waals surface area contributed by atoms with Gasteiger partial charge >= 0.3 is 0 Å². The monoisotopic (exact) mass is 488 g/mol. The molecule has 0 saturated carbocycles. The molecule has 0 spiro atoms. The normalized spacial score (nSPS) is 11.0. The van der Waals surface area contributed by atoms with Crippen LogP contribution in [-0.2, 0) is 0 Å². The summed E-state index contributed by atoms with van der Waals surface area (Å²) in [5.41, 5.74) is 3.11. The molecule has 0 saturated heterocycles. The Morgan fingerprint density at radius 1 is 0.541 bits per heavy atom. The van der Waals surface area contributed by atoms with Crippen LogP contribution in [0.2, 0.25) is 0 Å². The summed E-state index contributed by atoms with van der Waals surface area (Å²) in [5, 5.41) is 0. The molecule has 0 fully saturated rings. The molecule has 4 heteroatoms. The third-order valence-corrected chi connectivity index (χ3v) is 5.51. The van der Waals surface area contributed by atoms with Crippen LogP contribution >= 0.6 is 0 Å². The summed E-state index contributed by atoms with van der Waals surface area (Å²) in [6.07, 6.45) is 7.44. The molecule has 0 heterocycles. The van der Waals surface area contributed by atoms with Crippen LogP contribution in [0.5, 0.6) is 11.5 Å². The van der Waals surface area contributed by atoms with Crippen molar-refractivity contribution >= 4 is 23.7 Å². The van der Waals surface area contributed by atoms with E-state index in [9.17, 15) is 9.59 Å². The number of benzene rings is 4. The first-order valence-electron chi connectivity index (χ1n) is 12.2. The van der Waals surface area contributed by atoms with E-state index in [1.54, 1.807) is 48.6 Å². The van der Waals surface area contributed by atoms with Gasteiger partial charge in [-0.15, -0.1) is 0 Å². The van der Waals surface area contributed by atoms with E-state index in [4.69, 9.17) is 9.47 Å². The third kappa shape index (κ3) is 8.18. The Kier molecular flexibility index (Phi) is 9.20. The SMILES string of the molecule is O=C(/C=C/c1cccc(OCCCOc2cccc(/C=C/C(=O)c3ccccc3)c2)c1)c1ccccc1. The van der Waals surface area contributed by atoms with Crippen LogP contribution in [0, 0.1) is 0 Å². The lowest BCUT2D eigenvalue weighted by Gasteiger charge is -2.09. The number of rotatable bonds is 12. The predicted octanol–water partition coefficient (Wildman–Crippen LogP) is 7.33. The summed E-state index contributed by atoms with van der Waals surface area (Å²) in [5.74, 6) is 1.41. The lowest BCUT2D eigenvalue weighted by atomic mass is 10.1. The number of ether oxygens (including phenoxy) is 2. The van der Waals surface area contributed by atoms with Crippen LogP contribution in [0.25, 0.3) is 12.2 Å². The largest absolute Gasteiger partial charge is 0.493 e. The van der Waals surface area contributed by atoms with Crippen molar-refractivity contribution in [2.75, 3.05) is 13.2 Å². The number of hydrogen-bond donors (Lipinski definition) is 0. The minimum absolute atomic E-state index is 0.0357. The molecule has 4 rings (SSSR count). The fraction of sp³-hybridized carbons (Fsp3) is 0.0909. The summed E-state index contributed by atoms with van der Waals surface area (Å²) < 4.78 is 11.7. The van der Waals surface area contributed by atoms with Gasteiger partial charge in [-0.05, 0) is 47.5 Å². The van der Waals surface area contributed by atoms with Gasteiger partial charge in [0.1, 0.15) is 11.5 Å². The van der Waals surface area contributed by atoms with Gasteiger partial charge in [0.2, 0.25) is 0 Å². The van der Waals surface area contributed by atoms with Gasteiger partial charge in [-0.3, -0.25) is 9.59 Å². The summed E-state index contributed by atoms with van der Waals surface area (Å²) in [4.78, 5) is 24.5. The smallest absolute Gasteiger partial charge is 0.185 e. The van der Waals surface area contributed by atoms with Gasteiger partial charge < -0.3 is 9.47 Å². The molecule has 0 unspecified atom stereocenters. The van der Waals surface area contributed by atoms with E-state index >= 15 is 0 Å². The van der Waals surface area contributed by atoms with Gasteiger partial charge in [0.05, 0.1) is 13.2 Å². The summed E-state index contributed by atoms with van der Waals surface area (Å²) in [6, 6.07) is 33.6. The Hall–Kier alpha value is -4.70. The molecule has 0 aliphatic heterocycles. The number of hydrogen-bond acceptors (Lipinski definition) is 4. The van der Waals surface area contributed by atoms with Gasteiger partial charge in [-0.1, -0.05) is 97.1 Å². The van der Waals surface area contributed by atoms with E-state index in [0.717, 1.165) is 22.6 Å². The molecule has 37 heavy (non-hydrogen) atoms. The van der Waals surface area contributed by atoms with Gasteiger partial charge in [0, 0.05) is 17.5 Å². The topological polar surface area (TPSA) is 52.6 Å². The number of carbonyl (C=O) groups is 2. The molecule has 184 valence electrons. The second-order valence-corrected chi connectivity index (χ2v) is 8.32. The van der Waals surface area contributed by atoms with Crippen molar-refractivity contribution in [3.8, 4) is 11.5 Å². The Morgan fingerprint density at radius 2 is 0.973 bits per heavy atom. The highest BCUT2D eigenvalue weighted by Crippen LogP contribution is 2.17. The fourth-order valence-corrected chi connectivity index (χ4v) is 3.60. The van der Waals surface area contributed by atoms with E-state index in [2.05, 4.69) is 0 Å². The maximum atomic E-state index is 12.3. The van der Waals surface area contributed by atoms with Crippen LogP contribution < -0.4 is 9.47 Å². The molecule has 0 radical (unpaired) electrons. The predicted molar refractivity (Wildman–Crippen MR) is 148 cm³/mol. The first kappa shape index (κ1) is 25.4. The minimum atomic E-state index is -0.0357. The van der Waals surface area contributed by atoms with E-state index < -0.39 is 0 Å². The summed E-state index contributed by atoms with van der Waals surface area (Å²) in [7, 11) is 0. The summed E-state index contributed by atoms with van der Waals surface area (Å²) >= 11 is 0. The van der Waals surface area contributed by atoms with Gasteiger partial charge in [0.15, 0.2) is 11.6 Å². The van der Waals surface area contributed by atoms with Crippen LogP contribution in [-0.4, -0.2) is 24.8 Å². The molecular formula is C33H28O4. The van der Waals surface area contributed by atoms with Crippen molar-refractivity contribution in [1.82, 2.24) is 0 Å². The van der Waals surface area contributed by atoms with Crippen molar-refractivity contribution in [2.24, 2.45) is 0 Å². The van der Waals surface area contributed by atoms with Crippen LogP contribution in [0.4, 0.5) is 0 Å². The lowest BCUT2D eigenvalue weighted by molar-refractivity contribution is 0.103. The molecule has 4 aromatic rings. The molecule has 0 bridgehead atoms. The highest BCUT2D eigenvalue weighted by atomic mass is 16.5. The second-order valence-electron chi connectivity index (χ2n) is 8.32. The molecule has 4 nitrogen and oxygen atoms in total. The van der Waals surface area contributed by atoms with Crippen LogP contribution in [0.15, 0.2) is 121 Å². The van der Waals surface area contributed by atoms with Crippen molar-refractivity contribution in [2.45, 2.75) is 6.42 Å². The Morgan fingerprint density at radius 3 is 1.41 bits per heavy atom. The first-order chi connectivity index (χ1) is 18.2. The molecule has 0 atom stereocenters. The third-order valence-electron chi connectivity index (χ3n) is 5.51. The average Bonchev–Trinajstić information content (AvgIpc) is 2.96. The van der Waals surface area contributed by atoms with E-state index in [1.165, 1.54) is 0 Å². The molecule has 0 aromatic heterocycles. The van der Waals surface area contributed by atoms with Crippen molar-refractivity contribution in [3.05, 3.63) is 144 Å². The van der Waals surface area contributed by atoms with Gasteiger partial charge in [-0.2, -0.15) is 0 Å². The first-order valence-corrected chi connectivity index (χ1v) is 12.2. The zero-order chi connectivity index (χ0) is 25.7. The van der Waals surface area contributed by atoms with Crippen molar-refractivity contribution in [3.63, 3.8) is 0 Å². The van der Waals surface area contributed by atoms with E-state index in [-0.39, 0.29) is 11.6 Å². The van der Waals surface area contributed by atoms with Gasteiger partial charge in [0.25, 0.3) is 0 Å². The average molecular weight is 489 g/mol. The molecular weight excluding hydrogens is 460 g/mol. The van der Waals surface area contributed by atoms with Gasteiger partial charge in [-0.25, -0.2) is 0 Å². The second kappa shape index (κ2) is 13.4. The zero-order valence-corrected chi connectivity index (χ0v) is 20.5. The maximum Gasteiger partial charge on any atom is 0.185 e. The molecule has 0 aliphatic carbocycles. The van der Waals surface area contributed by atoms with Crippen LogP contribution in [0.3, 0.4) is 0 Å². The van der Waals surface area contributed by atoms with Crippen LogP contribution in [0.1, 0.15) is 38.3 Å². The highest BCUT2D eigenvalue weighted by molar-refractivity contribution is 6.07. The van der Waals surface area contributed by atoms with Crippen molar-refractivity contribution < 1.29 is 19.1 Å². The Bertz CT molecular complexity index is 1260. The molecule has 0 aliphatic rings. The number of ketones is 2. The number of allylic oxidation sites excluding steroid dienone is 2. The lowest BCUT2D eigenvalue weighted by Crippen LogP contribution is -2.05. The van der Waals surface area contributed by atoms with E-state index in [1.807, 2.05) is 84.9 Å². The zero-order valence-electron chi connectivity index (χ0n) is 20.5. The maximum absolute atomic E-state index is 12.3. The quantitative estimate of drug-likeness (QED) is 0.119. The minimum Gasteiger partial charge on any atom is -0.493 e. The Balaban J connectivity index is 1.21. The molecule has 0 amide bonds. The molecule has 0 N–H and O–H groups in total. The van der Waals surface area contributed by atoms with Crippen molar-refractivity contribution in [1.29, 1.82) is 0 Å². The highest BCUT2D eigenvalue weighted by Gasteiger charge is 2.02. The molecule has 4 aromatic carbocycles. The standard InChI is InChI=1S/C33H28O4/c34-32(28-12-3-1-4-13-28)20-18-26-10-7-16-30(24-26)36-22-9-23-37-31-17-8-11-27(25-31)19-21-33(35)29-14-5-2-6-15-29/h1-8,10-21,24-25H,9,22-23H2/b20-18+,21-19+.